The Kier molecular flexibility index (Phi) is 5.90. The molecule has 0 unspecified atom stereocenters. The Labute approximate surface area is 164 Å². The first-order valence-electron chi connectivity index (χ1n) is 8.96. The fourth-order valence-electron chi connectivity index (χ4n) is 3.12. The van der Waals surface area contributed by atoms with E-state index in [-0.39, 0.29) is 6.54 Å². The first-order chi connectivity index (χ1) is 13.6. The van der Waals surface area contributed by atoms with E-state index >= 15 is 0 Å². The zero-order valence-corrected chi connectivity index (χ0v) is 15.9. The van der Waals surface area contributed by atoms with Gasteiger partial charge in [0.25, 0.3) is 0 Å². The van der Waals surface area contributed by atoms with Crippen molar-refractivity contribution in [2.45, 2.75) is 31.6 Å². The fourth-order valence-corrected chi connectivity index (χ4v) is 3.12. The number of carbonyl (C=O) groups is 1. The van der Waals surface area contributed by atoms with E-state index in [4.69, 9.17) is 4.42 Å². The number of alkyl halides is 3. The number of hydrogen-bond donors (Lipinski definition) is 2. The summed E-state index contributed by atoms with van der Waals surface area (Å²) in [6, 6.07) is 0.475. The fraction of sp³-hybridized carbons (Fsp3) is 0.500. The Morgan fingerprint density at radius 2 is 2.10 bits per heavy atom. The molecule has 1 saturated heterocycles. The lowest BCUT2D eigenvalue weighted by Crippen LogP contribution is -2.61. The van der Waals surface area contributed by atoms with E-state index in [2.05, 4.69) is 15.3 Å². The van der Waals surface area contributed by atoms with Crippen LogP contribution < -0.4 is 10.6 Å². The number of hydrogen-bond acceptors (Lipinski definition) is 6. The van der Waals surface area contributed by atoms with Crippen LogP contribution in [0.5, 0.6) is 0 Å². The average Bonchev–Trinajstić information content (AvgIpc) is 3.17. The summed E-state index contributed by atoms with van der Waals surface area (Å²) in [5, 5.41) is 4.82. The maximum Gasteiger partial charge on any atom is 0.405 e. The highest BCUT2D eigenvalue weighted by Gasteiger charge is 2.39. The predicted octanol–water partition coefficient (Wildman–Crippen LogP) is 2.06. The molecule has 2 N–H and O–H groups in total. The first-order valence-corrected chi connectivity index (χ1v) is 8.96. The van der Waals surface area contributed by atoms with Crippen molar-refractivity contribution in [1.82, 2.24) is 25.5 Å². The number of aromatic nitrogens is 2. The van der Waals surface area contributed by atoms with Gasteiger partial charge in [0.1, 0.15) is 12.4 Å². The number of amides is 1. The molecule has 2 aromatic rings. The third kappa shape index (κ3) is 5.10. The highest BCUT2D eigenvalue weighted by Crippen LogP contribution is 2.31. The number of nitrogens with one attached hydrogen (secondary N) is 2. The Bertz CT molecular complexity index is 868. The van der Waals surface area contributed by atoms with Gasteiger partial charge in [0, 0.05) is 31.4 Å². The summed E-state index contributed by atoms with van der Waals surface area (Å²) in [7, 11) is 0. The molecule has 1 atom stereocenters. The lowest BCUT2D eigenvalue weighted by molar-refractivity contribution is -0.140. The van der Waals surface area contributed by atoms with E-state index in [9.17, 15) is 22.4 Å². The summed E-state index contributed by atoms with van der Waals surface area (Å²) >= 11 is 0. The number of carbonyl (C=O) groups excluding carboxylic acids is 1. The number of rotatable bonds is 5. The smallest absolute Gasteiger partial charge is 0.405 e. The molecule has 0 bridgehead atoms. The second-order valence-corrected chi connectivity index (χ2v) is 7.27. The van der Waals surface area contributed by atoms with Crippen LogP contribution in [-0.2, 0) is 10.3 Å². The van der Waals surface area contributed by atoms with Crippen LogP contribution in [0, 0.1) is 5.82 Å². The van der Waals surface area contributed by atoms with Crippen LogP contribution >= 0.6 is 0 Å². The van der Waals surface area contributed by atoms with Crippen LogP contribution in [0.1, 0.15) is 19.7 Å². The molecule has 158 valence electrons. The maximum atomic E-state index is 13.4. The molecule has 0 spiro atoms. The van der Waals surface area contributed by atoms with Gasteiger partial charge in [-0.2, -0.15) is 13.2 Å². The molecule has 1 amide bonds. The first kappa shape index (κ1) is 21.2. The molecule has 3 rings (SSSR count). The molecule has 0 radical (unpaired) electrons. The normalized spacial score (nSPS) is 18.6. The topological polar surface area (TPSA) is 83.3 Å². The van der Waals surface area contributed by atoms with Crippen molar-refractivity contribution in [2.75, 3.05) is 26.2 Å². The summed E-state index contributed by atoms with van der Waals surface area (Å²) < 4.78 is 56.2. The number of pyridine rings is 1. The standard InChI is InChI=1S/C18H21F4N5O2/c1-17(2,16-25-8-14(29-16)11-5-12(19)7-23-6-11)27-4-3-24-13(9-27)15(28)26-10-18(20,21)22/h5-8,13,24H,3-4,9-10H2,1-2H3,(H,26,28)/t13-/m0/s1. The zero-order chi connectivity index (χ0) is 21.2. The number of nitrogens with zero attached hydrogens (tertiary/aromatic N) is 3. The second-order valence-electron chi connectivity index (χ2n) is 7.27. The third-order valence-electron chi connectivity index (χ3n) is 4.76. The van der Waals surface area contributed by atoms with Gasteiger partial charge in [-0.25, -0.2) is 9.37 Å². The van der Waals surface area contributed by atoms with E-state index in [1.165, 1.54) is 18.5 Å². The number of piperazine rings is 1. The van der Waals surface area contributed by atoms with E-state index in [1.54, 1.807) is 0 Å². The van der Waals surface area contributed by atoms with E-state index < -0.39 is 36.0 Å². The van der Waals surface area contributed by atoms with E-state index in [0.29, 0.717) is 30.3 Å². The summed E-state index contributed by atoms with van der Waals surface area (Å²) in [6.45, 7) is 3.42. The Balaban J connectivity index is 1.71. The third-order valence-corrected chi connectivity index (χ3v) is 4.76. The van der Waals surface area contributed by atoms with Crippen LogP contribution in [-0.4, -0.2) is 59.2 Å². The van der Waals surface area contributed by atoms with Gasteiger partial charge < -0.3 is 15.1 Å². The van der Waals surface area contributed by atoms with Crippen LogP contribution in [0.15, 0.2) is 29.1 Å². The second kappa shape index (κ2) is 8.07. The van der Waals surface area contributed by atoms with Crippen LogP contribution in [0.25, 0.3) is 11.3 Å². The van der Waals surface area contributed by atoms with Crippen molar-refractivity contribution in [3.8, 4) is 11.3 Å². The molecular formula is C18H21F4N5O2. The predicted molar refractivity (Wildman–Crippen MR) is 95.1 cm³/mol. The van der Waals surface area contributed by atoms with Gasteiger partial charge in [-0.1, -0.05) is 0 Å². The molecule has 7 nitrogen and oxygen atoms in total. The molecule has 1 fully saturated rings. The van der Waals surface area contributed by atoms with Gasteiger partial charge in [0.05, 0.1) is 24.0 Å². The largest absolute Gasteiger partial charge is 0.439 e. The quantitative estimate of drug-likeness (QED) is 0.728. The molecule has 0 aliphatic carbocycles. The molecule has 0 aromatic carbocycles. The summed E-state index contributed by atoms with van der Waals surface area (Å²) in [5.41, 5.74) is -0.312. The molecule has 2 aromatic heterocycles. The maximum absolute atomic E-state index is 13.4. The van der Waals surface area contributed by atoms with Gasteiger partial charge in [-0.3, -0.25) is 14.7 Å². The Morgan fingerprint density at radius 3 is 2.79 bits per heavy atom. The zero-order valence-electron chi connectivity index (χ0n) is 15.9. The molecule has 29 heavy (non-hydrogen) atoms. The molecule has 0 saturated carbocycles. The van der Waals surface area contributed by atoms with Crippen LogP contribution in [0.2, 0.25) is 0 Å². The Morgan fingerprint density at radius 1 is 1.34 bits per heavy atom. The monoisotopic (exact) mass is 415 g/mol. The molecule has 3 heterocycles. The van der Waals surface area contributed by atoms with Crippen LogP contribution in [0.3, 0.4) is 0 Å². The summed E-state index contributed by atoms with van der Waals surface area (Å²) in [4.78, 5) is 22.1. The lowest BCUT2D eigenvalue weighted by Gasteiger charge is -2.41. The summed E-state index contributed by atoms with van der Waals surface area (Å²) in [6.07, 6.45) is -0.478. The number of halogens is 4. The van der Waals surface area contributed by atoms with Crippen molar-refractivity contribution in [3.05, 3.63) is 36.4 Å². The van der Waals surface area contributed by atoms with Gasteiger partial charge >= 0.3 is 6.18 Å². The minimum absolute atomic E-state index is 0.177. The van der Waals surface area contributed by atoms with Crippen LogP contribution in [0.4, 0.5) is 17.6 Å². The molecular weight excluding hydrogens is 394 g/mol. The lowest BCUT2D eigenvalue weighted by atomic mass is 10.00. The van der Waals surface area contributed by atoms with Gasteiger partial charge in [-0.15, -0.1) is 0 Å². The van der Waals surface area contributed by atoms with Gasteiger partial charge in [-0.05, 0) is 19.9 Å². The van der Waals surface area contributed by atoms with E-state index in [0.717, 1.165) is 6.20 Å². The highest BCUT2D eigenvalue weighted by molar-refractivity contribution is 5.82. The van der Waals surface area contributed by atoms with Gasteiger partial charge in [0.15, 0.2) is 5.76 Å². The van der Waals surface area contributed by atoms with Crippen molar-refractivity contribution in [2.24, 2.45) is 0 Å². The van der Waals surface area contributed by atoms with Gasteiger partial charge in [0.2, 0.25) is 11.8 Å². The molecule has 1 aliphatic heterocycles. The average molecular weight is 415 g/mol. The minimum Gasteiger partial charge on any atom is -0.439 e. The SMILES string of the molecule is CC(C)(c1ncc(-c2cncc(F)c2)o1)N1CCN[C@H](C(=O)NCC(F)(F)F)C1. The van der Waals surface area contributed by atoms with Crippen molar-refractivity contribution in [3.63, 3.8) is 0 Å². The summed E-state index contributed by atoms with van der Waals surface area (Å²) in [5.74, 6) is -0.543. The Hall–Kier alpha value is -2.53. The van der Waals surface area contributed by atoms with Crippen molar-refractivity contribution in [1.29, 1.82) is 0 Å². The van der Waals surface area contributed by atoms with E-state index in [1.807, 2.05) is 24.1 Å². The minimum atomic E-state index is -4.47. The van der Waals surface area contributed by atoms with Crippen molar-refractivity contribution >= 4 is 5.91 Å². The number of oxazole rings is 1. The molecule has 11 heteroatoms. The van der Waals surface area contributed by atoms with Crippen molar-refractivity contribution < 1.29 is 26.8 Å². The molecule has 1 aliphatic rings. The highest BCUT2D eigenvalue weighted by atomic mass is 19.4.